The van der Waals surface area contributed by atoms with Crippen LogP contribution in [0.3, 0.4) is 0 Å². The van der Waals surface area contributed by atoms with Gasteiger partial charge in [-0.1, -0.05) is 18.2 Å². The molecule has 5 nitrogen and oxygen atoms in total. The molecule has 6 heteroatoms. The van der Waals surface area contributed by atoms with Crippen LogP contribution in [0.15, 0.2) is 48.8 Å². The summed E-state index contributed by atoms with van der Waals surface area (Å²) in [5, 5.41) is 0. The van der Waals surface area contributed by atoms with Crippen molar-refractivity contribution in [1.82, 2.24) is 4.98 Å². The van der Waals surface area contributed by atoms with Gasteiger partial charge in [0.2, 0.25) is 0 Å². The van der Waals surface area contributed by atoms with Crippen molar-refractivity contribution >= 4 is 16.0 Å². The Hall–Kier alpha value is -1.92. The summed E-state index contributed by atoms with van der Waals surface area (Å²) in [5.74, 6) is 0. The molecule has 17 heavy (non-hydrogen) atoms. The molecule has 2 N–H and O–H groups in total. The molecule has 0 amide bonds. The summed E-state index contributed by atoms with van der Waals surface area (Å²) in [7, 11) is -4.22. The first-order valence-corrected chi connectivity index (χ1v) is 6.24. The largest absolute Gasteiger partial charge is 0.357 e. The Balaban J connectivity index is 2.25. The number of rotatable bonds is 3. The first-order chi connectivity index (χ1) is 8.04. The lowest BCUT2D eigenvalue weighted by Gasteiger charge is -2.04. The van der Waals surface area contributed by atoms with Crippen LogP contribution in [0.2, 0.25) is 0 Å². The molecular weight excluding hydrogens is 240 g/mol. The fourth-order valence-electron chi connectivity index (χ4n) is 1.41. The van der Waals surface area contributed by atoms with Gasteiger partial charge in [0.15, 0.2) is 0 Å². The Bertz CT molecular complexity index is 594. The molecule has 0 spiro atoms. The quantitative estimate of drug-likeness (QED) is 0.816. The number of aromatic nitrogens is 1. The highest BCUT2D eigenvalue weighted by Crippen LogP contribution is 2.20. The average Bonchev–Trinajstić information content (AvgIpc) is 2.29. The maximum atomic E-state index is 10.6. The van der Waals surface area contributed by atoms with Crippen LogP contribution in [0.5, 0.6) is 0 Å². The van der Waals surface area contributed by atoms with Crippen molar-refractivity contribution in [2.75, 3.05) is 4.72 Å². The summed E-state index contributed by atoms with van der Waals surface area (Å²) < 4.78 is 31.8. The van der Waals surface area contributed by atoms with Crippen LogP contribution >= 0.6 is 0 Å². The highest BCUT2D eigenvalue weighted by atomic mass is 32.2. The van der Waals surface area contributed by atoms with E-state index in [1.165, 1.54) is 0 Å². The van der Waals surface area contributed by atoms with Crippen LogP contribution in [0.1, 0.15) is 0 Å². The van der Waals surface area contributed by atoms with E-state index in [0.29, 0.717) is 5.69 Å². The number of benzene rings is 1. The first kappa shape index (κ1) is 11.6. The van der Waals surface area contributed by atoms with E-state index in [9.17, 15) is 8.42 Å². The van der Waals surface area contributed by atoms with E-state index < -0.39 is 10.3 Å². The van der Waals surface area contributed by atoms with Gasteiger partial charge in [-0.05, 0) is 29.3 Å². The van der Waals surface area contributed by atoms with Gasteiger partial charge in [-0.25, -0.2) is 0 Å². The lowest BCUT2D eigenvalue weighted by molar-refractivity contribution is 0.490. The third-order valence-corrected chi connectivity index (χ3v) is 2.62. The van der Waals surface area contributed by atoms with Crippen LogP contribution in [0.25, 0.3) is 11.1 Å². The molecule has 1 aromatic heterocycles. The predicted octanol–water partition coefficient (Wildman–Crippen LogP) is 1.96. The van der Waals surface area contributed by atoms with Crippen LogP contribution < -0.4 is 4.72 Å². The van der Waals surface area contributed by atoms with Crippen molar-refractivity contribution in [1.29, 1.82) is 0 Å². The molecule has 1 heterocycles. The number of anilines is 1. The molecule has 1 aromatic carbocycles. The molecule has 0 radical (unpaired) electrons. The summed E-state index contributed by atoms with van der Waals surface area (Å²) in [6.45, 7) is 0. The maximum absolute atomic E-state index is 10.6. The number of nitrogens with one attached hydrogen (secondary N) is 1. The second-order valence-electron chi connectivity index (χ2n) is 3.40. The van der Waals surface area contributed by atoms with Crippen molar-refractivity contribution in [3.05, 3.63) is 48.8 Å². The van der Waals surface area contributed by atoms with Crippen molar-refractivity contribution in [3.63, 3.8) is 0 Å². The zero-order chi connectivity index (χ0) is 12.3. The first-order valence-electron chi connectivity index (χ1n) is 4.80. The van der Waals surface area contributed by atoms with Crippen LogP contribution in [-0.4, -0.2) is 18.0 Å². The Morgan fingerprint density at radius 3 is 2.29 bits per heavy atom. The Morgan fingerprint density at radius 2 is 1.76 bits per heavy atom. The lowest BCUT2D eigenvalue weighted by Crippen LogP contribution is -2.09. The van der Waals surface area contributed by atoms with Gasteiger partial charge in [-0.3, -0.25) is 14.3 Å². The molecule has 0 atom stereocenters. The maximum Gasteiger partial charge on any atom is 0.357 e. The topological polar surface area (TPSA) is 79.3 Å². The normalized spacial score (nSPS) is 11.1. The van der Waals surface area contributed by atoms with E-state index in [-0.39, 0.29) is 0 Å². The Morgan fingerprint density at radius 1 is 1.06 bits per heavy atom. The summed E-state index contributed by atoms with van der Waals surface area (Å²) in [5.41, 5.74) is 2.16. The minimum Gasteiger partial charge on any atom is -0.269 e. The summed E-state index contributed by atoms with van der Waals surface area (Å²) in [6.07, 6.45) is 3.39. The van der Waals surface area contributed by atoms with Crippen molar-refractivity contribution < 1.29 is 13.0 Å². The molecule has 0 aliphatic carbocycles. The van der Waals surface area contributed by atoms with Gasteiger partial charge in [0.05, 0.1) is 5.69 Å². The Kier molecular flexibility index (Phi) is 3.08. The fourth-order valence-corrected chi connectivity index (χ4v) is 1.85. The van der Waals surface area contributed by atoms with Gasteiger partial charge in [0.25, 0.3) is 0 Å². The molecule has 0 saturated carbocycles. The molecule has 2 rings (SSSR count). The van der Waals surface area contributed by atoms with Gasteiger partial charge >= 0.3 is 10.3 Å². The fraction of sp³-hybridized carbons (Fsp3) is 0. The minimum absolute atomic E-state index is 0.306. The van der Waals surface area contributed by atoms with Gasteiger partial charge < -0.3 is 0 Å². The standard InChI is InChI=1S/C11H10N2O3S/c14-17(15,16)13-11-5-3-9(4-6-11)10-2-1-7-12-8-10/h1-8,13H,(H,14,15,16). The van der Waals surface area contributed by atoms with E-state index in [2.05, 4.69) is 4.98 Å². The lowest BCUT2D eigenvalue weighted by atomic mass is 10.1. The smallest absolute Gasteiger partial charge is 0.269 e. The molecule has 0 aliphatic heterocycles. The Labute approximate surface area is 99.0 Å². The third-order valence-electron chi connectivity index (χ3n) is 2.13. The summed E-state index contributed by atoms with van der Waals surface area (Å²) in [4.78, 5) is 3.99. The van der Waals surface area contributed by atoms with E-state index >= 15 is 0 Å². The molecule has 2 aromatic rings. The van der Waals surface area contributed by atoms with Crippen molar-refractivity contribution in [2.45, 2.75) is 0 Å². The summed E-state index contributed by atoms with van der Waals surface area (Å²) >= 11 is 0. The van der Waals surface area contributed by atoms with E-state index in [1.807, 2.05) is 16.9 Å². The minimum atomic E-state index is -4.22. The monoisotopic (exact) mass is 250 g/mol. The van der Waals surface area contributed by atoms with Crippen molar-refractivity contribution in [3.8, 4) is 11.1 Å². The van der Waals surface area contributed by atoms with E-state index in [4.69, 9.17) is 4.55 Å². The average molecular weight is 250 g/mol. The SMILES string of the molecule is O=S(=O)(O)Nc1ccc(-c2cccnc2)cc1. The summed E-state index contributed by atoms with van der Waals surface area (Å²) in [6, 6.07) is 10.3. The van der Waals surface area contributed by atoms with Crippen LogP contribution in [0.4, 0.5) is 5.69 Å². The molecular formula is C11H10N2O3S. The third kappa shape index (κ3) is 3.27. The number of pyridine rings is 1. The molecule has 0 saturated heterocycles. The molecule has 0 bridgehead atoms. The molecule has 0 unspecified atom stereocenters. The second-order valence-corrected chi connectivity index (χ2v) is 4.55. The van der Waals surface area contributed by atoms with Gasteiger partial charge in [0.1, 0.15) is 0 Å². The second kappa shape index (κ2) is 4.52. The molecule has 0 fully saturated rings. The van der Waals surface area contributed by atoms with Gasteiger partial charge in [-0.2, -0.15) is 8.42 Å². The predicted molar refractivity (Wildman–Crippen MR) is 64.8 cm³/mol. The van der Waals surface area contributed by atoms with Gasteiger partial charge in [0, 0.05) is 12.4 Å². The highest BCUT2D eigenvalue weighted by molar-refractivity contribution is 7.87. The number of hydrogen-bond donors (Lipinski definition) is 2. The molecule has 0 aliphatic rings. The van der Waals surface area contributed by atoms with E-state index in [1.54, 1.807) is 36.7 Å². The number of nitrogens with zero attached hydrogens (tertiary/aromatic N) is 1. The number of hydrogen-bond acceptors (Lipinski definition) is 3. The van der Waals surface area contributed by atoms with Crippen LogP contribution in [-0.2, 0) is 10.3 Å². The van der Waals surface area contributed by atoms with Gasteiger partial charge in [-0.15, -0.1) is 0 Å². The van der Waals surface area contributed by atoms with E-state index in [0.717, 1.165) is 11.1 Å². The van der Waals surface area contributed by atoms with Crippen LogP contribution in [0, 0.1) is 0 Å². The molecule has 88 valence electrons. The highest BCUT2D eigenvalue weighted by Gasteiger charge is 2.03. The van der Waals surface area contributed by atoms with Crippen molar-refractivity contribution in [2.24, 2.45) is 0 Å². The zero-order valence-electron chi connectivity index (χ0n) is 8.74. The zero-order valence-corrected chi connectivity index (χ0v) is 9.55.